The SMILES string of the molecule is C=C(CC(=O)OC)C(=O)OCCCCOc1ccc(/C=C/C(=O)OC)cc1. The van der Waals surface area contributed by atoms with Gasteiger partial charge in [0.2, 0.25) is 0 Å². The third-order valence-electron chi connectivity index (χ3n) is 3.41. The van der Waals surface area contributed by atoms with Crippen molar-refractivity contribution in [2.75, 3.05) is 27.4 Å². The molecule has 27 heavy (non-hydrogen) atoms. The van der Waals surface area contributed by atoms with Gasteiger partial charge in [-0.05, 0) is 36.6 Å². The van der Waals surface area contributed by atoms with Gasteiger partial charge in [0.15, 0.2) is 0 Å². The fourth-order valence-corrected chi connectivity index (χ4v) is 1.89. The number of methoxy groups -OCH3 is 2. The third kappa shape index (κ3) is 9.25. The number of benzene rings is 1. The number of carbonyl (C=O) groups excluding carboxylic acids is 3. The lowest BCUT2D eigenvalue weighted by Crippen LogP contribution is -2.13. The Bertz CT molecular complexity index is 674. The van der Waals surface area contributed by atoms with E-state index in [-0.39, 0.29) is 18.6 Å². The predicted octanol–water partition coefficient (Wildman–Crippen LogP) is 2.69. The Hall–Kier alpha value is -3.09. The Labute approximate surface area is 158 Å². The summed E-state index contributed by atoms with van der Waals surface area (Å²) in [5, 5.41) is 0. The standard InChI is InChI=1S/C20H24O7/c1-15(14-19(22)25-3)20(23)27-13-5-4-12-26-17-9-6-16(7-10-17)8-11-18(21)24-2/h6-11H,1,4-5,12-14H2,2-3H3/b11-8+. The molecule has 0 heterocycles. The lowest BCUT2D eigenvalue weighted by Gasteiger charge is -2.08. The lowest BCUT2D eigenvalue weighted by molar-refractivity contribution is -0.144. The number of ether oxygens (including phenoxy) is 4. The number of unbranched alkanes of at least 4 members (excludes halogenated alkanes) is 1. The summed E-state index contributed by atoms with van der Waals surface area (Å²) < 4.78 is 19.6. The first-order valence-electron chi connectivity index (χ1n) is 8.37. The molecule has 0 N–H and O–H groups in total. The van der Waals surface area contributed by atoms with Gasteiger partial charge in [-0.3, -0.25) is 4.79 Å². The van der Waals surface area contributed by atoms with Crippen molar-refractivity contribution in [1.29, 1.82) is 0 Å². The largest absolute Gasteiger partial charge is 0.494 e. The minimum atomic E-state index is -0.600. The van der Waals surface area contributed by atoms with E-state index in [1.807, 2.05) is 12.1 Å². The smallest absolute Gasteiger partial charge is 0.333 e. The molecule has 0 bridgehead atoms. The van der Waals surface area contributed by atoms with Gasteiger partial charge in [-0.2, -0.15) is 0 Å². The van der Waals surface area contributed by atoms with Crippen LogP contribution < -0.4 is 4.74 Å². The van der Waals surface area contributed by atoms with E-state index in [2.05, 4.69) is 16.1 Å². The van der Waals surface area contributed by atoms with Crippen molar-refractivity contribution < 1.29 is 33.3 Å². The summed E-state index contributed by atoms with van der Waals surface area (Å²) in [5.74, 6) is -0.840. The molecule has 0 saturated heterocycles. The monoisotopic (exact) mass is 376 g/mol. The van der Waals surface area contributed by atoms with Gasteiger partial charge in [0.05, 0.1) is 33.9 Å². The van der Waals surface area contributed by atoms with Crippen LogP contribution in [0.1, 0.15) is 24.8 Å². The van der Waals surface area contributed by atoms with Crippen LogP contribution in [-0.2, 0) is 28.6 Å². The molecule has 0 fully saturated rings. The van der Waals surface area contributed by atoms with Gasteiger partial charge >= 0.3 is 17.9 Å². The molecule has 0 aliphatic rings. The number of carbonyl (C=O) groups is 3. The normalized spacial score (nSPS) is 10.3. The molecule has 7 heteroatoms. The molecular formula is C20H24O7. The summed E-state index contributed by atoms with van der Waals surface area (Å²) in [6.45, 7) is 4.19. The molecule has 7 nitrogen and oxygen atoms in total. The van der Waals surface area contributed by atoms with Crippen LogP contribution >= 0.6 is 0 Å². The molecule has 1 aromatic rings. The van der Waals surface area contributed by atoms with Crippen molar-refractivity contribution in [2.24, 2.45) is 0 Å². The van der Waals surface area contributed by atoms with Crippen LogP contribution in [0.2, 0.25) is 0 Å². The van der Waals surface area contributed by atoms with E-state index in [1.165, 1.54) is 20.3 Å². The molecular weight excluding hydrogens is 352 g/mol. The first kappa shape index (κ1) is 22.0. The molecule has 0 aromatic heterocycles. The van der Waals surface area contributed by atoms with E-state index < -0.39 is 17.9 Å². The number of hydrogen-bond acceptors (Lipinski definition) is 7. The van der Waals surface area contributed by atoms with Gasteiger partial charge in [0.25, 0.3) is 0 Å². The molecule has 0 spiro atoms. The van der Waals surface area contributed by atoms with E-state index in [9.17, 15) is 14.4 Å². The summed E-state index contributed by atoms with van der Waals surface area (Å²) >= 11 is 0. The average molecular weight is 376 g/mol. The van der Waals surface area contributed by atoms with Crippen LogP contribution in [0.5, 0.6) is 5.75 Å². The van der Waals surface area contributed by atoms with Crippen LogP contribution in [-0.4, -0.2) is 45.3 Å². The molecule has 146 valence electrons. The molecule has 0 aliphatic heterocycles. The Kier molecular flexibility index (Phi) is 10.00. The van der Waals surface area contributed by atoms with Gasteiger partial charge in [0.1, 0.15) is 5.75 Å². The second-order valence-electron chi connectivity index (χ2n) is 5.47. The number of rotatable bonds is 11. The highest BCUT2D eigenvalue weighted by Crippen LogP contribution is 2.14. The van der Waals surface area contributed by atoms with Crippen molar-refractivity contribution >= 4 is 24.0 Å². The van der Waals surface area contributed by atoms with E-state index in [0.717, 1.165) is 5.56 Å². The van der Waals surface area contributed by atoms with Crippen molar-refractivity contribution in [2.45, 2.75) is 19.3 Å². The zero-order valence-corrected chi connectivity index (χ0v) is 15.6. The topological polar surface area (TPSA) is 88.1 Å². The van der Waals surface area contributed by atoms with Gasteiger partial charge in [-0.25, -0.2) is 9.59 Å². The van der Waals surface area contributed by atoms with Crippen molar-refractivity contribution in [3.63, 3.8) is 0 Å². The minimum absolute atomic E-state index is 0.0689. The average Bonchev–Trinajstić information content (AvgIpc) is 2.69. The van der Waals surface area contributed by atoms with Gasteiger partial charge < -0.3 is 18.9 Å². The van der Waals surface area contributed by atoms with Gasteiger partial charge in [0, 0.05) is 11.6 Å². The fourth-order valence-electron chi connectivity index (χ4n) is 1.89. The van der Waals surface area contributed by atoms with Crippen molar-refractivity contribution in [1.82, 2.24) is 0 Å². The molecule has 0 atom stereocenters. The molecule has 0 saturated carbocycles. The Morgan fingerprint density at radius 2 is 1.67 bits per heavy atom. The zero-order chi connectivity index (χ0) is 20.1. The summed E-state index contributed by atoms with van der Waals surface area (Å²) in [6.07, 6.45) is 4.14. The van der Waals surface area contributed by atoms with E-state index in [1.54, 1.807) is 18.2 Å². The first-order chi connectivity index (χ1) is 13.0. The Morgan fingerprint density at radius 3 is 2.30 bits per heavy atom. The second kappa shape index (κ2) is 12.3. The molecule has 1 aromatic carbocycles. The van der Waals surface area contributed by atoms with E-state index in [4.69, 9.17) is 9.47 Å². The third-order valence-corrected chi connectivity index (χ3v) is 3.41. The van der Waals surface area contributed by atoms with Gasteiger partial charge in [-0.1, -0.05) is 18.7 Å². The van der Waals surface area contributed by atoms with Crippen molar-refractivity contribution in [3.05, 3.63) is 48.1 Å². The molecule has 0 aliphatic carbocycles. The van der Waals surface area contributed by atoms with Crippen LogP contribution in [0.3, 0.4) is 0 Å². The van der Waals surface area contributed by atoms with Crippen LogP contribution in [0.15, 0.2) is 42.5 Å². The van der Waals surface area contributed by atoms with Crippen molar-refractivity contribution in [3.8, 4) is 5.75 Å². The van der Waals surface area contributed by atoms with Crippen LogP contribution in [0.4, 0.5) is 0 Å². The maximum Gasteiger partial charge on any atom is 0.333 e. The van der Waals surface area contributed by atoms with E-state index in [0.29, 0.717) is 25.2 Å². The highest BCUT2D eigenvalue weighted by atomic mass is 16.5. The lowest BCUT2D eigenvalue weighted by atomic mass is 10.2. The zero-order valence-electron chi connectivity index (χ0n) is 15.6. The molecule has 0 radical (unpaired) electrons. The number of hydrogen-bond donors (Lipinski definition) is 0. The highest BCUT2D eigenvalue weighted by Gasteiger charge is 2.13. The van der Waals surface area contributed by atoms with Gasteiger partial charge in [-0.15, -0.1) is 0 Å². The maximum absolute atomic E-state index is 11.6. The fraction of sp³-hybridized carbons (Fsp3) is 0.350. The first-order valence-corrected chi connectivity index (χ1v) is 8.37. The minimum Gasteiger partial charge on any atom is -0.494 e. The molecule has 0 amide bonds. The van der Waals surface area contributed by atoms with E-state index >= 15 is 0 Å². The highest BCUT2D eigenvalue weighted by molar-refractivity contribution is 5.93. The maximum atomic E-state index is 11.6. The summed E-state index contributed by atoms with van der Waals surface area (Å²) in [5.41, 5.74) is 0.922. The Balaban J connectivity index is 2.20. The summed E-state index contributed by atoms with van der Waals surface area (Å²) in [4.78, 5) is 33.7. The molecule has 0 unspecified atom stereocenters. The summed E-state index contributed by atoms with van der Waals surface area (Å²) in [7, 11) is 2.57. The second-order valence-corrected chi connectivity index (χ2v) is 5.47. The quantitative estimate of drug-likeness (QED) is 0.254. The van der Waals surface area contributed by atoms with Crippen LogP contribution in [0.25, 0.3) is 6.08 Å². The number of esters is 3. The Morgan fingerprint density at radius 1 is 1.00 bits per heavy atom. The summed E-state index contributed by atoms with van der Waals surface area (Å²) in [6, 6.07) is 7.24. The molecule has 1 rings (SSSR count). The van der Waals surface area contributed by atoms with Crippen LogP contribution in [0, 0.1) is 0 Å². The predicted molar refractivity (Wildman–Crippen MR) is 99.0 cm³/mol.